The number of halogens is 1. The highest BCUT2D eigenvalue weighted by atomic mass is 35.5. The van der Waals surface area contributed by atoms with Gasteiger partial charge in [-0.2, -0.15) is 0 Å². The molecule has 0 spiro atoms. The van der Waals surface area contributed by atoms with Crippen LogP contribution in [0, 0.1) is 0 Å². The minimum absolute atomic E-state index is 0.320. The summed E-state index contributed by atoms with van der Waals surface area (Å²) in [5, 5.41) is 5.90. The molecule has 6 heteroatoms. The van der Waals surface area contributed by atoms with E-state index in [4.69, 9.17) is 16.3 Å². The SMILES string of the molecule is CCCCOC(=O)c1ccccc1NC(=O)N/C=C/c1ccc(Cl)cc1. The topological polar surface area (TPSA) is 67.4 Å². The molecule has 0 radical (unpaired) electrons. The second-order valence-electron chi connectivity index (χ2n) is 5.52. The third-order valence-electron chi connectivity index (χ3n) is 3.49. The Morgan fingerprint density at radius 3 is 2.58 bits per heavy atom. The molecule has 5 nitrogen and oxygen atoms in total. The van der Waals surface area contributed by atoms with Gasteiger partial charge in [0.1, 0.15) is 0 Å². The number of para-hydroxylation sites is 1. The molecular weight excluding hydrogens is 352 g/mol. The Morgan fingerprint density at radius 1 is 1.12 bits per heavy atom. The molecule has 2 aromatic carbocycles. The van der Waals surface area contributed by atoms with Gasteiger partial charge in [-0.05, 0) is 42.3 Å². The Kier molecular flexibility index (Phi) is 7.71. The summed E-state index contributed by atoms with van der Waals surface area (Å²) in [4.78, 5) is 24.2. The molecule has 0 heterocycles. The second kappa shape index (κ2) is 10.3. The summed E-state index contributed by atoms with van der Waals surface area (Å²) in [5.41, 5.74) is 1.61. The van der Waals surface area contributed by atoms with E-state index in [1.54, 1.807) is 42.5 Å². The molecule has 0 saturated heterocycles. The number of urea groups is 1. The fourth-order valence-electron chi connectivity index (χ4n) is 2.10. The normalized spacial score (nSPS) is 10.5. The molecule has 0 aliphatic rings. The van der Waals surface area contributed by atoms with E-state index in [1.807, 2.05) is 19.1 Å². The average molecular weight is 373 g/mol. The number of ether oxygens (including phenoxy) is 1. The number of benzene rings is 2. The molecule has 0 aliphatic carbocycles. The number of nitrogens with one attached hydrogen (secondary N) is 2. The number of carbonyl (C=O) groups is 2. The maximum Gasteiger partial charge on any atom is 0.340 e. The van der Waals surface area contributed by atoms with Crippen molar-refractivity contribution in [2.75, 3.05) is 11.9 Å². The number of esters is 1. The molecule has 0 aliphatic heterocycles. The second-order valence-corrected chi connectivity index (χ2v) is 5.95. The number of amides is 2. The number of carbonyl (C=O) groups excluding carboxylic acids is 2. The van der Waals surface area contributed by atoms with Gasteiger partial charge in [0.15, 0.2) is 0 Å². The number of anilines is 1. The van der Waals surface area contributed by atoms with Gasteiger partial charge in [0, 0.05) is 11.2 Å². The van der Waals surface area contributed by atoms with Crippen molar-refractivity contribution in [3.05, 3.63) is 70.9 Å². The van der Waals surface area contributed by atoms with Gasteiger partial charge in [0.05, 0.1) is 17.9 Å². The number of rotatable bonds is 7. The van der Waals surface area contributed by atoms with Crippen molar-refractivity contribution in [3.8, 4) is 0 Å². The van der Waals surface area contributed by atoms with Crippen LogP contribution in [-0.4, -0.2) is 18.6 Å². The first-order valence-electron chi connectivity index (χ1n) is 8.36. The summed E-state index contributed by atoms with van der Waals surface area (Å²) in [7, 11) is 0. The van der Waals surface area contributed by atoms with Crippen LogP contribution in [-0.2, 0) is 4.74 Å². The summed E-state index contributed by atoms with van der Waals surface area (Å²) in [6, 6.07) is 13.5. The van der Waals surface area contributed by atoms with Crippen LogP contribution < -0.4 is 10.6 Å². The Bertz CT molecular complexity index is 773. The van der Waals surface area contributed by atoms with Crippen molar-refractivity contribution in [2.45, 2.75) is 19.8 Å². The van der Waals surface area contributed by atoms with Crippen LogP contribution >= 0.6 is 11.6 Å². The van der Waals surface area contributed by atoms with Crippen LogP contribution in [0.5, 0.6) is 0 Å². The monoisotopic (exact) mass is 372 g/mol. The van der Waals surface area contributed by atoms with E-state index in [9.17, 15) is 9.59 Å². The van der Waals surface area contributed by atoms with Gasteiger partial charge < -0.3 is 15.4 Å². The van der Waals surface area contributed by atoms with Crippen LogP contribution in [0.4, 0.5) is 10.5 Å². The smallest absolute Gasteiger partial charge is 0.340 e. The number of unbranched alkanes of at least 4 members (excludes halogenated alkanes) is 1. The third kappa shape index (κ3) is 6.26. The quantitative estimate of drug-likeness (QED) is 0.525. The van der Waals surface area contributed by atoms with Crippen molar-refractivity contribution < 1.29 is 14.3 Å². The molecule has 2 rings (SSSR count). The van der Waals surface area contributed by atoms with Gasteiger partial charge in [-0.1, -0.05) is 49.2 Å². The molecule has 0 bridgehead atoms. The Balaban J connectivity index is 1.94. The molecule has 2 aromatic rings. The fraction of sp³-hybridized carbons (Fsp3) is 0.200. The van der Waals surface area contributed by atoms with Gasteiger partial charge in [0.2, 0.25) is 0 Å². The van der Waals surface area contributed by atoms with Crippen LogP contribution in [0.15, 0.2) is 54.7 Å². The van der Waals surface area contributed by atoms with E-state index in [2.05, 4.69) is 10.6 Å². The molecular formula is C20H21ClN2O3. The van der Waals surface area contributed by atoms with Crippen LogP contribution in [0.25, 0.3) is 6.08 Å². The molecule has 2 N–H and O–H groups in total. The van der Waals surface area contributed by atoms with Gasteiger partial charge >= 0.3 is 12.0 Å². The molecule has 0 unspecified atom stereocenters. The highest BCUT2D eigenvalue weighted by molar-refractivity contribution is 6.30. The van der Waals surface area contributed by atoms with Crippen molar-refractivity contribution in [2.24, 2.45) is 0 Å². The zero-order valence-corrected chi connectivity index (χ0v) is 15.3. The lowest BCUT2D eigenvalue weighted by atomic mass is 10.2. The summed E-state index contributed by atoms with van der Waals surface area (Å²) in [6.07, 6.45) is 4.99. The number of hydrogen-bond acceptors (Lipinski definition) is 3. The highest BCUT2D eigenvalue weighted by Crippen LogP contribution is 2.16. The van der Waals surface area contributed by atoms with E-state index in [-0.39, 0.29) is 0 Å². The van der Waals surface area contributed by atoms with E-state index in [0.717, 1.165) is 18.4 Å². The lowest BCUT2D eigenvalue weighted by Gasteiger charge is -2.10. The minimum Gasteiger partial charge on any atom is -0.462 e. The Labute approximate surface area is 158 Å². The van der Waals surface area contributed by atoms with Crippen molar-refractivity contribution in [1.29, 1.82) is 0 Å². The summed E-state index contributed by atoms with van der Waals surface area (Å²) >= 11 is 5.83. The predicted molar refractivity (Wildman–Crippen MR) is 104 cm³/mol. The van der Waals surface area contributed by atoms with Crippen molar-refractivity contribution >= 4 is 35.4 Å². The fourth-order valence-corrected chi connectivity index (χ4v) is 2.23. The zero-order chi connectivity index (χ0) is 18.8. The van der Waals surface area contributed by atoms with E-state index in [0.29, 0.717) is 22.9 Å². The largest absolute Gasteiger partial charge is 0.462 e. The Morgan fingerprint density at radius 2 is 1.85 bits per heavy atom. The Hall–Kier alpha value is -2.79. The lowest BCUT2D eigenvalue weighted by molar-refractivity contribution is 0.0501. The molecule has 136 valence electrons. The van der Waals surface area contributed by atoms with Crippen molar-refractivity contribution in [3.63, 3.8) is 0 Å². The van der Waals surface area contributed by atoms with Crippen LogP contribution in [0.1, 0.15) is 35.7 Å². The van der Waals surface area contributed by atoms with Gasteiger partial charge in [-0.3, -0.25) is 0 Å². The predicted octanol–water partition coefficient (Wildman–Crippen LogP) is 5.09. The van der Waals surface area contributed by atoms with E-state index >= 15 is 0 Å². The maximum absolute atomic E-state index is 12.1. The molecule has 0 aromatic heterocycles. The first kappa shape index (κ1) is 19.5. The van der Waals surface area contributed by atoms with Gasteiger partial charge in [-0.25, -0.2) is 9.59 Å². The first-order valence-corrected chi connectivity index (χ1v) is 8.73. The molecule has 0 saturated carbocycles. The summed E-state index contributed by atoms with van der Waals surface area (Å²) in [6.45, 7) is 2.38. The van der Waals surface area contributed by atoms with Gasteiger partial charge in [-0.15, -0.1) is 0 Å². The highest BCUT2D eigenvalue weighted by Gasteiger charge is 2.13. The van der Waals surface area contributed by atoms with Gasteiger partial charge in [0.25, 0.3) is 0 Å². The average Bonchev–Trinajstić information content (AvgIpc) is 2.64. The molecule has 0 fully saturated rings. The van der Waals surface area contributed by atoms with Crippen LogP contribution in [0.2, 0.25) is 5.02 Å². The first-order chi connectivity index (χ1) is 12.6. The third-order valence-corrected chi connectivity index (χ3v) is 3.74. The minimum atomic E-state index is -0.455. The van der Waals surface area contributed by atoms with E-state index in [1.165, 1.54) is 6.20 Å². The summed E-state index contributed by atoms with van der Waals surface area (Å²) < 4.78 is 5.20. The molecule has 0 atom stereocenters. The van der Waals surface area contributed by atoms with Crippen molar-refractivity contribution in [1.82, 2.24) is 5.32 Å². The zero-order valence-electron chi connectivity index (χ0n) is 14.5. The lowest BCUT2D eigenvalue weighted by Crippen LogP contribution is -2.25. The maximum atomic E-state index is 12.1. The molecule has 26 heavy (non-hydrogen) atoms. The number of hydrogen-bond donors (Lipinski definition) is 2. The summed E-state index contributed by atoms with van der Waals surface area (Å²) in [5.74, 6) is -0.453. The van der Waals surface area contributed by atoms with E-state index < -0.39 is 12.0 Å². The van der Waals surface area contributed by atoms with Crippen LogP contribution in [0.3, 0.4) is 0 Å². The standard InChI is InChI=1S/C20H21ClN2O3/c1-2-3-14-26-19(24)17-6-4-5-7-18(17)23-20(25)22-13-12-15-8-10-16(21)11-9-15/h4-13H,2-3,14H2,1H3,(H2,22,23,25)/b13-12+. The molecule has 2 amide bonds.